The summed E-state index contributed by atoms with van der Waals surface area (Å²) in [7, 11) is -3.96. The van der Waals surface area contributed by atoms with Crippen molar-refractivity contribution in [3.63, 3.8) is 0 Å². The molecule has 0 N–H and O–H groups in total. The van der Waals surface area contributed by atoms with E-state index in [9.17, 15) is 34.9 Å². The second-order valence-corrected chi connectivity index (χ2v) is 8.82. The van der Waals surface area contributed by atoms with Crippen LogP contribution in [-0.4, -0.2) is 34.3 Å². The van der Waals surface area contributed by atoms with Crippen LogP contribution in [0.4, 0.5) is 30.7 Å². The van der Waals surface area contributed by atoms with E-state index in [0.717, 1.165) is 6.07 Å². The Balaban J connectivity index is 2.50. The van der Waals surface area contributed by atoms with Crippen molar-refractivity contribution in [2.45, 2.75) is 47.6 Å². The van der Waals surface area contributed by atoms with Gasteiger partial charge in [0.2, 0.25) is 0 Å². The quantitative estimate of drug-likeness (QED) is 0.443. The van der Waals surface area contributed by atoms with Crippen LogP contribution in [0.2, 0.25) is 0 Å². The predicted molar refractivity (Wildman–Crippen MR) is 86.9 cm³/mol. The molecule has 0 radical (unpaired) electrons. The smallest absolute Gasteiger partial charge is 0.378 e. The predicted octanol–water partition coefficient (Wildman–Crippen LogP) is 5.83. The lowest BCUT2D eigenvalue weighted by atomic mass is 10.1. The highest BCUT2D eigenvalue weighted by Gasteiger charge is 2.76. The molecule has 148 valence electrons. The highest BCUT2D eigenvalue weighted by molar-refractivity contribution is 9.11. The topological polar surface area (TPSA) is 26.3 Å². The van der Waals surface area contributed by atoms with E-state index in [1.54, 1.807) is 0 Å². The molecule has 2 atom stereocenters. The van der Waals surface area contributed by atoms with Crippen LogP contribution in [0.25, 0.3) is 0 Å². The van der Waals surface area contributed by atoms with Gasteiger partial charge < -0.3 is 4.74 Å². The summed E-state index contributed by atoms with van der Waals surface area (Å²) in [5.74, 6) is -6.46. The van der Waals surface area contributed by atoms with E-state index >= 15 is 0 Å². The Labute approximate surface area is 163 Å². The Bertz CT molecular complexity index is 703. The molecular formula is C14H11Br2F7O2S. The van der Waals surface area contributed by atoms with Gasteiger partial charge in [0, 0.05) is 22.0 Å². The van der Waals surface area contributed by atoms with E-state index in [1.165, 1.54) is 6.07 Å². The van der Waals surface area contributed by atoms with Crippen LogP contribution in [0.5, 0.6) is 0 Å². The van der Waals surface area contributed by atoms with Gasteiger partial charge >= 0.3 is 17.4 Å². The van der Waals surface area contributed by atoms with Crippen LogP contribution in [0, 0.1) is 0 Å². The largest absolute Gasteiger partial charge is 0.461 e. The van der Waals surface area contributed by atoms with E-state index in [1.807, 2.05) is 0 Å². The monoisotopic (exact) mass is 534 g/mol. The maximum Gasteiger partial charge on any atom is 0.461 e. The first-order valence-electron chi connectivity index (χ1n) is 7.12. The number of benzene rings is 1. The molecule has 1 aliphatic rings. The van der Waals surface area contributed by atoms with E-state index < -0.39 is 39.2 Å². The number of rotatable bonds is 5. The third-order valence-corrected chi connectivity index (χ3v) is 6.38. The van der Waals surface area contributed by atoms with Gasteiger partial charge in [0.05, 0.1) is 11.0 Å². The first-order valence-corrected chi connectivity index (χ1v) is 9.86. The lowest BCUT2D eigenvalue weighted by molar-refractivity contribution is -0.331. The molecule has 12 heteroatoms. The van der Waals surface area contributed by atoms with Gasteiger partial charge in [-0.05, 0) is 30.5 Å². The molecule has 1 aromatic carbocycles. The molecule has 2 rings (SSSR count). The first kappa shape index (κ1) is 22.1. The molecule has 0 aliphatic carbocycles. The summed E-state index contributed by atoms with van der Waals surface area (Å²) in [5.41, 5.74) is -0.0592. The van der Waals surface area contributed by atoms with Crippen molar-refractivity contribution in [3.05, 3.63) is 26.6 Å². The fourth-order valence-electron chi connectivity index (χ4n) is 2.40. The fraction of sp³-hybridized carbons (Fsp3) is 0.571. The summed E-state index contributed by atoms with van der Waals surface area (Å²) < 4.78 is 109. The minimum absolute atomic E-state index is 0.0530. The molecule has 0 aromatic heterocycles. The number of halogens is 9. The molecule has 1 heterocycles. The maximum atomic E-state index is 13.9. The average Bonchev–Trinajstić information content (AvgIpc) is 3.00. The van der Waals surface area contributed by atoms with Crippen molar-refractivity contribution < 1.29 is 39.7 Å². The highest BCUT2D eigenvalue weighted by Crippen LogP contribution is 2.50. The molecule has 0 bridgehead atoms. The van der Waals surface area contributed by atoms with Gasteiger partial charge in [0.1, 0.15) is 10.8 Å². The maximum absolute atomic E-state index is 13.9. The van der Waals surface area contributed by atoms with Crippen molar-refractivity contribution in [3.8, 4) is 0 Å². The van der Waals surface area contributed by atoms with Gasteiger partial charge in [-0.1, -0.05) is 31.9 Å². The zero-order valence-corrected chi connectivity index (χ0v) is 16.7. The van der Waals surface area contributed by atoms with Gasteiger partial charge in [-0.25, -0.2) is 4.21 Å². The van der Waals surface area contributed by atoms with E-state index in [-0.39, 0.29) is 20.9 Å². The minimum atomic E-state index is -6.55. The molecule has 1 saturated heterocycles. The summed E-state index contributed by atoms with van der Waals surface area (Å²) in [5, 5.41) is -5.85. The molecule has 1 fully saturated rings. The molecule has 1 aliphatic heterocycles. The van der Waals surface area contributed by atoms with Crippen LogP contribution in [0.3, 0.4) is 0 Å². The zero-order valence-electron chi connectivity index (χ0n) is 12.7. The van der Waals surface area contributed by atoms with Gasteiger partial charge in [-0.2, -0.15) is 30.7 Å². The normalized spacial score (nSPS) is 20.4. The summed E-state index contributed by atoms with van der Waals surface area (Å²) in [6.07, 6.45) is -5.78. The van der Waals surface area contributed by atoms with Crippen LogP contribution >= 0.6 is 31.9 Å². The Hall–Kier alpha value is -0.200. The van der Waals surface area contributed by atoms with E-state index in [4.69, 9.17) is 4.74 Å². The minimum Gasteiger partial charge on any atom is -0.378 e. The van der Waals surface area contributed by atoms with Gasteiger partial charge in [0.25, 0.3) is 0 Å². The molecule has 0 saturated carbocycles. The third kappa shape index (κ3) is 4.12. The van der Waals surface area contributed by atoms with E-state index in [0.29, 0.717) is 19.4 Å². The molecule has 2 nitrogen and oxygen atoms in total. The average molecular weight is 536 g/mol. The lowest BCUT2D eigenvalue weighted by Gasteiger charge is -2.28. The fourth-order valence-corrected chi connectivity index (χ4v) is 5.34. The molecular weight excluding hydrogens is 525 g/mol. The third-order valence-electron chi connectivity index (χ3n) is 3.73. The van der Waals surface area contributed by atoms with Crippen molar-refractivity contribution in [2.24, 2.45) is 0 Å². The summed E-state index contributed by atoms with van der Waals surface area (Å²) in [6, 6.07) is 2.25. The standard InChI is InChI=1S/C14H11Br2F7O2S/c15-7-4-10(16)9(6-8-2-1-3-25-8)11(5-7)26(24)14(22,23)12(17,18)13(19,20)21/h4-5,8H,1-3,6H2. The van der Waals surface area contributed by atoms with Crippen LogP contribution < -0.4 is 0 Å². The summed E-state index contributed by atoms with van der Waals surface area (Å²) >= 11 is 5.99. The Morgan fingerprint density at radius 1 is 1.12 bits per heavy atom. The lowest BCUT2D eigenvalue weighted by Crippen LogP contribution is -2.54. The number of ether oxygens (including phenoxy) is 1. The Kier molecular flexibility index (Phi) is 6.52. The summed E-state index contributed by atoms with van der Waals surface area (Å²) in [6.45, 7) is 0.416. The Morgan fingerprint density at radius 2 is 1.73 bits per heavy atom. The number of hydrogen-bond donors (Lipinski definition) is 0. The van der Waals surface area contributed by atoms with Crippen molar-refractivity contribution in [1.82, 2.24) is 0 Å². The van der Waals surface area contributed by atoms with Gasteiger partial charge in [-0.3, -0.25) is 0 Å². The second-order valence-electron chi connectivity index (χ2n) is 5.56. The first-order chi connectivity index (χ1) is 11.8. The molecule has 1 aromatic rings. The SMILES string of the molecule is O=S(c1cc(Br)cc(Br)c1CC1CCCO1)C(F)(F)C(F)(F)C(F)(F)F. The Morgan fingerprint density at radius 3 is 2.23 bits per heavy atom. The van der Waals surface area contributed by atoms with E-state index in [2.05, 4.69) is 31.9 Å². The van der Waals surface area contributed by atoms with Crippen molar-refractivity contribution in [1.29, 1.82) is 0 Å². The molecule has 0 amide bonds. The highest BCUT2D eigenvalue weighted by atomic mass is 79.9. The summed E-state index contributed by atoms with van der Waals surface area (Å²) in [4.78, 5) is -0.810. The van der Waals surface area contributed by atoms with Gasteiger partial charge in [0.15, 0.2) is 0 Å². The second kappa shape index (κ2) is 7.67. The van der Waals surface area contributed by atoms with Crippen LogP contribution in [0.15, 0.2) is 26.0 Å². The van der Waals surface area contributed by atoms with Crippen LogP contribution in [-0.2, 0) is 22.0 Å². The molecule has 26 heavy (non-hydrogen) atoms. The number of alkyl halides is 7. The zero-order chi connectivity index (χ0) is 19.9. The van der Waals surface area contributed by atoms with Gasteiger partial charge in [-0.15, -0.1) is 0 Å². The van der Waals surface area contributed by atoms with Crippen molar-refractivity contribution in [2.75, 3.05) is 6.61 Å². The van der Waals surface area contributed by atoms with Crippen LogP contribution in [0.1, 0.15) is 18.4 Å². The molecule has 0 spiro atoms. The number of hydrogen-bond acceptors (Lipinski definition) is 2. The van der Waals surface area contributed by atoms with Crippen molar-refractivity contribution >= 4 is 42.7 Å². The molecule has 2 unspecified atom stereocenters.